The fourth-order valence-electron chi connectivity index (χ4n) is 4.64. The van der Waals surface area contributed by atoms with E-state index in [0.717, 1.165) is 25.7 Å². The fraction of sp³-hybridized carbons (Fsp3) is 0.923. The van der Waals surface area contributed by atoms with Gasteiger partial charge < -0.3 is 9.99 Å². The average Bonchev–Trinajstić information content (AvgIpc) is 2.42. The molecule has 0 aromatic heterocycles. The average molecular weight is 323 g/mol. The number of esters is 1. The maximum absolute atomic E-state index is 13.5. The molecule has 0 unspecified atom stereocenters. The minimum absolute atomic E-state index is 0.148. The van der Waals surface area contributed by atoms with Crippen LogP contribution in [-0.2, 0) is 18.9 Å². The van der Waals surface area contributed by atoms with Crippen LogP contribution in [-0.4, -0.2) is 16.8 Å². The van der Waals surface area contributed by atoms with Crippen molar-refractivity contribution in [2.75, 3.05) is 0 Å². The van der Waals surface area contributed by atoms with Gasteiger partial charge in [-0.05, 0) is 62.7 Å². The summed E-state index contributed by atoms with van der Waals surface area (Å²) in [4.78, 5) is 11.7. The van der Waals surface area contributed by atoms with Gasteiger partial charge in [0.2, 0.25) is 0 Å². The van der Waals surface area contributed by atoms with Crippen LogP contribution in [0.3, 0.4) is 0 Å². The van der Waals surface area contributed by atoms with Gasteiger partial charge in [0.05, 0.1) is 0 Å². The van der Waals surface area contributed by atoms with Gasteiger partial charge in [0.25, 0.3) is 0 Å². The van der Waals surface area contributed by atoms with Crippen molar-refractivity contribution in [1.29, 1.82) is 0 Å². The van der Waals surface area contributed by atoms with Gasteiger partial charge in [0.15, 0.2) is 0 Å². The minimum atomic E-state index is -3.96. The molecule has 0 radical (unpaired) electrons. The molecule has 0 aromatic carbocycles. The summed E-state index contributed by atoms with van der Waals surface area (Å²) in [5, 5.41) is 8.53. The van der Waals surface area contributed by atoms with Crippen molar-refractivity contribution < 1.29 is 32.9 Å². The molecule has 0 saturated heterocycles. The topological polar surface area (TPSA) is 67.8 Å². The number of halogens is 2. The van der Waals surface area contributed by atoms with Crippen molar-refractivity contribution in [1.82, 2.24) is 0 Å². The number of hydrogen-bond donors (Lipinski definition) is 0. The van der Waals surface area contributed by atoms with E-state index < -0.39 is 28.9 Å². The number of rotatable bonds is 5. The first-order valence-electron chi connectivity index (χ1n) is 7.10. The molecule has 0 aromatic rings. The minimum Gasteiger partial charge on any atom is -0.691 e. The largest absolute Gasteiger partial charge is 0.691 e. The fourth-order valence-corrected chi connectivity index (χ4v) is 4.86. The van der Waals surface area contributed by atoms with Gasteiger partial charge >= 0.3 is 11.2 Å². The molecule has 21 heavy (non-hydrogen) atoms. The number of carbonyl (C=O) groups excluding carboxylic acids is 1. The second-order valence-corrected chi connectivity index (χ2v) is 7.43. The number of alkyl halides is 2. The molecule has 0 N–H and O–H groups in total. The van der Waals surface area contributed by atoms with Gasteiger partial charge in [-0.1, -0.05) is 0 Å². The third kappa shape index (κ3) is 2.67. The molecule has 0 amide bonds. The van der Waals surface area contributed by atoms with Crippen LogP contribution in [0.2, 0.25) is 0 Å². The summed E-state index contributed by atoms with van der Waals surface area (Å²) >= 11 is -0.631. The third-order valence-corrected chi connectivity index (χ3v) is 5.98. The van der Waals surface area contributed by atoms with Crippen LogP contribution in [0.5, 0.6) is 0 Å². The van der Waals surface area contributed by atoms with Gasteiger partial charge in [-0.15, -0.1) is 0 Å². The highest BCUT2D eigenvalue weighted by Crippen LogP contribution is 2.59. The molecular formula is C13H17F2O5S-. The quantitative estimate of drug-likeness (QED) is 0.334. The molecule has 0 aliphatic heterocycles. The van der Waals surface area contributed by atoms with Crippen LogP contribution in [0.25, 0.3) is 0 Å². The first kappa shape index (κ1) is 15.5. The zero-order valence-corrected chi connectivity index (χ0v) is 12.4. The molecule has 4 rings (SSSR count). The molecule has 120 valence electrons. The van der Waals surface area contributed by atoms with E-state index in [9.17, 15) is 18.8 Å². The van der Waals surface area contributed by atoms with Gasteiger partial charge in [-0.2, -0.15) is 13.1 Å². The standard InChI is InChI=1S/C13H18F2O5S/c1-12(18-11(16)13(14,15)21-20-19-17)9-3-7-2-8(5-9)6-10(12)4-7/h7-10,17H,2-6H2,1H3/p-1. The van der Waals surface area contributed by atoms with E-state index in [-0.39, 0.29) is 11.8 Å². The van der Waals surface area contributed by atoms with Crippen molar-refractivity contribution >= 4 is 18.0 Å². The molecule has 4 aliphatic carbocycles. The SMILES string of the molecule is CC1(OC(=O)C(F)(F)SOO[O-])C2CC3CC(C2)CC1C3. The van der Waals surface area contributed by atoms with Crippen molar-refractivity contribution in [3.8, 4) is 0 Å². The molecular weight excluding hydrogens is 306 g/mol. The van der Waals surface area contributed by atoms with Crippen LogP contribution in [0, 0.1) is 23.7 Å². The van der Waals surface area contributed by atoms with Crippen LogP contribution >= 0.6 is 12.0 Å². The Kier molecular flexibility index (Phi) is 3.92. The number of hydrogen-bond acceptors (Lipinski definition) is 6. The number of carbonyl (C=O) groups is 1. The summed E-state index contributed by atoms with van der Waals surface area (Å²) in [5.74, 6) is -0.0809. The van der Waals surface area contributed by atoms with Crippen LogP contribution < -0.4 is 5.26 Å². The Hall–Kier alpha value is -0.440. The van der Waals surface area contributed by atoms with E-state index in [1.165, 1.54) is 6.42 Å². The summed E-state index contributed by atoms with van der Waals surface area (Å²) in [6.07, 6.45) is 4.98. The highest BCUT2D eigenvalue weighted by atomic mass is 32.2. The molecule has 4 fully saturated rings. The number of ether oxygens (including phenoxy) is 1. The lowest BCUT2D eigenvalue weighted by Crippen LogP contribution is -2.58. The monoisotopic (exact) mass is 323 g/mol. The predicted octanol–water partition coefficient (Wildman–Crippen LogP) is 2.21. The van der Waals surface area contributed by atoms with Gasteiger partial charge in [-0.3, -0.25) is 5.04 Å². The van der Waals surface area contributed by atoms with E-state index in [0.29, 0.717) is 11.8 Å². The molecule has 0 heterocycles. The summed E-state index contributed by atoms with van der Waals surface area (Å²) in [6, 6.07) is 0. The van der Waals surface area contributed by atoms with E-state index >= 15 is 0 Å². The Morgan fingerprint density at radius 3 is 2.19 bits per heavy atom. The molecule has 0 atom stereocenters. The third-order valence-electron chi connectivity index (χ3n) is 5.48. The normalized spacial score (nSPS) is 41.3. The van der Waals surface area contributed by atoms with Gasteiger partial charge in [0.1, 0.15) is 17.6 Å². The lowest BCUT2D eigenvalue weighted by Gasteiger charge is -2.59. The van der Waals surface area contributed by atoms with Gasteiger partial charge in [0, 0.05) is 0 Å². The first-order chi connectivity index (χ1) is 9.85. The van der Waals surface area contributed by atoms with Crippen LogP contribution in [0.1, 0.15) is 39.0 Å². The molecule has 5 nitrogen and oxygen atoms in total. The van der Waals surface area contributed by atoms with E-state index in [1.54, 1.807) is 6.92 Å². The van der Waals surface area contributed by atoms with E-state index in [2.05, 4.69) is 9.37 Å². The summed E-state index contributed by atoms with van der Waals surface area (Å²) in [5.41, 5.74) is -0.840. The molecule has 8 heteroatoms. The molecule has 4 aliphatic rings. The maximum atomic E-state index is 13.5. The second-order valence-electron chi connectivity index (χ2n) is 6.61. The second kappa shape index (κ2) is 5.33. The Morgan fingerprint density at radius 1 is 1.19 bits per heavy atom. The molecule has 4 saturated carbocycles. The Bertz CT molecular complexity index is 403. The van der Waals surface area contributed by atoms with Crippen molar-refractivity contribution in [2.45, 2.75) is 49.9 Å². The lowest BCUT2D eigenvalue weighted by atomic mass is 9.50. The Morgan fingerprint density at radius 2 is 1.71 bits per heavy atom. The van der Waals surface area contributed by atoms with Crippen LogP contribution in [0.15, 0.2) is 0 Å². The van der Waals surface area contributed by atoms with Crippen molar-refractivity contribution in [3.05, 3.63) is 0 Å². The van der Waals surface area contributed by atoms with Crippen LogP contribution in [0.4, 0.5) is 8.78 Å². The lowest BCUT2D eigenvalue weighted by molar-refractivity contribution is -0.777. The first-order valence-corrected chi connectivity index (χ1v) is 7.85. The maximum Gasteiger partial charge on any atom is 0.415 e. The zero-order valence-electron chi connectivity index (χ0n) is 11.6. The van der Waals surface area contributed by atoms with Gasteiger partial charge in [-0.25, -0.2) is 4.79 Å². The summed E-state index contributed by atoms with van der Waals surface area (Å²) in [6.45, 7) is 1.77. The highest BCUT2D eigenvalue weighted by Gasteiger charge is 2.59. The van der Waals surface area contributed by atoms with E-state index in [1.807, 2.05) is 0 Å². The zero-order chi connectivity index (χ0) is 15.3. The predicted molar refractivity (Wildman–Crippen MR) is 66.3 cm³/mol. The van der Waals surface area contributed by atoms with Crippen molar-refractivity contribution in [3.63, 3.8) is 0 Å². The highest BCUT2D eigenvalue weighted by molar-refractivity contribution is 7.96. The Balaban J connectivity index is 1.70. The smallest absolute Gasteiger partial charge is 0.415 e. The summed E-state index contributed by atoms with van der Waals surface area (Å²) < 4.78 is 35.9. The Labute approximate surface area is 125 Å². The molecule has 4 bridgehead atoms. The van der Waals surface area contributed by atoms with E-state index in [4.69, 9.17) is 4.74 Å². The van der Waals surface area contributed by atoms with Crippen molar-refractivity contribution in [2.24, 2.45) is 23.7 Å². The summed E-state index contributed by atoms with van der Waals surface area (Å²) in [7, 11) is 0. The molecule has 0 spiro atoms.